The number of halogens is 6. The van der Waals surface area contributed by atoms with Crippen LogP contribution in [0.5, 0.6) is 5.75 Å². The summed E-state index contributed by atoms with van der Waals surface area (Å²) in [5.74, 6) is -4.53. The smallest absolute Gasteiger partial charge is 0.490 e. The lowest BCUT2D eigenvalue weighted by Gasteiger charge is -2.17. The van der Waals surface area contributed by atoms with Gasteiger partial charge in [0.1, 0.15) is 12.4 Å². The third kappa shape index (κ3) is 13.2. The first-order valence-electron chi connectivity index (χ1n) is 9.94. The van der Waals surface area contributed by atoms with E-state index in [1.165, 1.54) is 16.8 Å². The van der Waals surface area contributed by atoms with Crippen LogP contribution in [-0.2, 0) is 16.0 Å². The molecule has 14 heteroatoms. The largest absolute Gasteiger partial charge is 0.492 e. The zero-order chi connectivity index (χ0) is 27.4. The van der Waals surface area contributed by atoms with Gasteiger partial charge in [-0.3, -0.25) is 5.10 Å². The van der Waals surface area contributed by atoms with E-state index in [2.05, 4.69) is 49.0 Å². The third-order valence-corrected chi connectivity index (χ3v) is 4.33. The van der Waals surface area contributed by atoms with Gasteiger partial charge >= 0.3 is 24.3 Å². The van der Waals surface area contributed by atoms with Gasteiger partial charge in [0.15, 0.2) is 0 Å². The number of benzene rings is 1. The molecule has 1 heterocycles. The van der Waals surface area contributed by atoms with Crippen molar-refractivity contribution in [3.63, 3.8) is 0 Å². The van der Waals surface area contributed by atoms with Crippen LogP contribution in [0.25, 0.3) is 0 Å². The molecule has 35 heavy (non-hydrogen) atoms. The van der Waals surface area contributed by atoms with Crippen LogP contribution in [0.3, 0.4) is 0 Å². The van der Waals surface area contributed by atoms with Crippen molar-refractivity contribution in [2.24, 2.45) is 0 Å². The number of carboxylic acid groups (broad SMARTS) is 2. The summed E-state index contributed by atoms with van der Waals surface area (Å²) in [6.07, 6.45) is -9.14. The summed E-state index contributed by atoms with van der Waals surface area (Å²) in [6, 6.07) is 8.14. The van der Waals surface area contributed by atoms with Gasteiger partial charge in [0.25, 0.3) is 0 Å². The molecule has 0 bridgehead atoms. The van der Waals surface area contributed by atoms with Crippen molar-refractivity contribution in [3.05, 3.63) is 46.8 Å². The molecule has 0 aliphatic carbocycles. The molecule has 8 nitrogen and oxygen atoms in total. The maximum absolute atomic E-state index is 10.6. The number of aliphatic carboxylic acids is 2. The summed E-state index contributed by atoms with van der Waals surface area (Å²) in [6.45, 7) is 8.85. The first kappa shape index (κ1) is 31.7. The Morgan fingerprint density at radius 2 is 1.46 bits per heavy atom. The number of nitrogens with one attached hydrogen (secondary N) is 1. The lowest BCUT2D eigenvalue weighted by atomic mass is 10.1. The standard InChI is InChI=1S/C17H25N3O.2C2HF3O2/c1-13-7-5-6-8-17(13)21-12-11-20(4)10-9-16-14(2)18-19-15(16)3;2*3-2(4,5)1(6)7/h5-8H,9-12H2,1-4H3,(H,18,19);2*(H,6,7). The maximum atomic E-state index is 10.6. The van der Waals surface area contributed by atoms with Crippen LogP contribution in [-0.4, -0.2) is 76.3 Å². The fourth-order valence-corrected chi connectivity index (χ4v) is 2.39. The van der Waals surface area contributed by atoms with Gasteiger partial charge in [-0.05, 0) is 51.4 Å². The van der Waals surface area contributed by atoms with Gasteiger partial charge in [0.2, 0.25) is 0 Å². The highest BCUT2D eigenvalue weighted by atomic mass is 19.4. The average molecular weight is 515 g/mol. The lowest BCUT2D eigenvalue weighted by molar-refractivity contribution is -0.193. The second-order valence-corrected chi connectivity index (χ2v) is 7.19. The van der Waals surface area contributed by atoms with Gasteiger partial charge < -0.3 is 19.8 Å². The number of hydrogen-bond donors (Lipinski definition) is 3. The summed E-state index contributed by atoms with van der Waals surface area (Å²) in [5, 5.41) is 21.5. The summed E-state index contributed by atoms with van der Waals surface area (Å²) in [4.78, 5) is 20.1. The Kier molecular flexibility index (Phi) is 12.9. The van der Waals surface area contributed by atoms with Crippen LogP contribution in [0.15, 0.2) is 24.3 Å². The summed E-state index contributed by atoms with van der Waals surface area (Å²) in [5.41, 5.74) is 4.81. The van der Waals surface area contributed by atoms with Gasteiger partial charge in [-0.25, -0.2) is 9.59 Å². The van der Waals surface area contributed by atoms with E-state index in [0.717, 1.165) is 31.0 Å². The highest BCUT2D eigenvalue weighted by Crippen LogP contribution is 2.16. The third-order valence-electron chi connectivity index (χ3n) is 4.33. The Morgan fingerprint density at radius 3 is 1.86 bits per heavy atom. The van der Waals surface area contributed by atoms with E-state index < -0.39 is 24.3 Å². The van der Waals surface area contributed by atoms with E-state index in [1.54, 1.807) is 0 Å². The first-order valence-corrected chi connectivity index (χ1v) is 9.94. The van der Waals surface area contributed by atoms with Crippen molar-refractivity contribution in [1.82, 2.24) is 15.1 Å². The Bertz CT molecular complexity index is 901. The van der Waals surface area contributed by atoms with E-state index in [9.17, 15) is 26.3 Å². The molecule has 0 spiro atoms. The molecule has 0 radical (unpaired) electrons. The number of aromatic nitrogens is 2. The minimum absolute atomic E-state index is 0.713. The number of nitrogens with zero attached hydrogens (tertiary/aromatic N) is 2. The number of hydrogen-bond acceptors (Lipinski definition) is 5. The molecular formula is C21H27F6N3O5. The molecule has 0 aliphatic heterocycles. The van der Waals surface area contributed by atoms with Crippen molar-refractivity contribution in [3.8, 4) is 5.75 Å². The van der Waals surface area contributed by atoms with Crippen molar-refractivity contribution in [2.45, 2.75) is 39.5 Å². The molecular weight excluding hydrogens is 488 g/mol. The topological polar surface area (TPSA) is 116 Å². The zero-order valence-corrected chi connectivity index (χ0v) is 19.4. The van der Waals surface area contributed by atoms with E-state index >= 15 is 0 Å². The molecule has 1 aromatic carbocycles. The minimum Gasteiger partial charge on any atom is -0.492 e. The summed E-state index contributed by atoms with van der Waals surface area (Å²) >= 11 is 0. The number of alkyl halides is 6. The van der Waals surface area contributed by atoms with Crippen LogP contribution in [0.4, 0.5) is 26.3 Å². The molecule has 0 saturated heterocycles. The molecule has 0 saturated carbocycles. The Morgan fingerprint density at radius 1 is 0.971 bits per heavy atom. The number of likely N-dealkylation sites (N-methyl/N-ethyl adjacent to an activating group) is 1. The fourth-order valence-electron chi connectivity index (χ4n) is 2.39. The first-order chi connectivity index (χ1) is 16.0. The van der Waals surface area contributed by atoms with Crippen molar-refractivity contribution in [1.29, 1.82) is 0 Å². The van der Waals surface area contributed by atoms with Crippen LogP contribution in [0.1, 0.15) is 22.5 Å². The van der Waals surface area contributed by atoms with Crippen LogP contribution < -0.4 is 4.74 Å². The molecule has 1 aromatic heterocycles. The predicted molar refractivity (Wildman–Crippen MR) is 113 cm³/mol. The maximum Gasteiger partial charge on any atom is 0.490 e. The Labute approximate surface area is 197 Å². The molecule has 0 aliphatic rings. The van der Waals surface area contributed by atoms with Crippen LogP contribution in [0, 0.1) is 20.8 Å². The van der Waals surface area contributed by atoms with Gasteiger partial charge in [-0.1, -0.05) is 18.2 Å². The van der Waals surface area contributed by atoms with Crippen molar-refractivity contribution >= 4 is 11.9 Å². The quantitative estimate of drug-likeness (QED) is 0.475. The highest BCUT2D eigenvalue weighted by molar-refractivity contribution is 5.73. The number of aromatic amines is 1. The number of ether oxygens (including phenoxy) is 1. The molecule has 0 unspecified atom stereocenters. The zero-order valence-electron chi connectivity index (χ0n) is 19.4. The monoisotopic (exact) mass is 515 g/mol. The molecule has 2 aromatic rings. The normalized spacial score (nSPS) is 11.2. The summed E-state index contributed by atoms with van der Waals surface area (Å²) in [7, 11) is 2.13. The fraction of sp³-hybridized carbons (Fsp3) is 0.476. The minimum atomic E-state index is -5.08. The van der Waals surface area contributed by atoms with E-state index in [-0.39, 0.29) is 0 Å². The second-order valence-electron chi connectivity index (χ2n) is 7.19. The van der Waals surface area contributed by atoms with Crippen molar-refractivity contribution < 1.29 is 50.9 Å². The van der Waals surface area contributed by atoms with Gasteiger partial charge in [0, 0.05) is 18.8 Å². The molecule has 2 rings (SSSR count). The van der Waals surface area contributed by atoms with E-state index in [0.29, 0.717) is 6.61 Å². The number of H-pyrrole nitrogens is 1. The van der Waals surface area contributed by atoms with E-state index in [4.69, 9.17) is 24.5 Å². The molecule has 0 fully saturated rings. The SMILES string of the molecule is Cc1ccccc1OCCN(C)CCc1c(C)n[nH]c1C.O=C(O)C(F)(F)F.O=C(O)C(F)(F)F. The van der Waals surface area contributed by atoms with Crippen molar-refractivity contribution in [2.75, 3.05) is 26.7 Å². The van der Waals surface area contributed by atoms with Crippen LogP contribution >= 0.6 is 0 Å². The predicted octanol–water partition coefficient (Wildman–Crippen LogP) is 4.15. The number of aryl methyl sites for hydroxylation is 3. The number of rotatable bonds is 7. The Hall–Kier alpha value is -3.29. The van der Waals surface area contributed by atoms with E-state index in [1.807, 2.05) is 18.2 Å². The van der Waals surface area contributed by atoms with Gasteiger partial charge in [-0.15, -0.1) is 0 Å². The van der Waals surface area contributed by atoms with Gasteiger partial charge in [0.05, 0.1) is 5.69 Å². The molecule has 3 N–H and O–H groups in total. The molecule has 0 amide bonds. The number of carboxylic acids is 2. The second kappa shape index (κ2) is 14.2. The molecule has 0 atom stereocenters. The number of para-hydroxylation sites is 1. The Balaban J connectivity index is 0.000000680. The van der Waals surface area contributed by atoms with Gasteiger partial charge in [-0.2, -0.15) is 31.4 Å². The average Bonchev–Trinajstić information content (AvgIpc) is 3.05. The highest BCUT2D eigenvalue weighted by Gasteiger charge is 2.38. The number of carbonyl (C=O) groups is 2. The van der Waals surface area contributed by atoms with Crippen LogP contribution in [0.2, 0.25) is 0 Å². The lowest BCUT2D eigenvalue weighted by Crippen LogP contribution is -2.26. The molecule has 198 valence electrons. The summed E-state index contributed by atoms with van der Waals surface area (Å²) < 4.78 is 69.3.